The normalized spacial score (nSPS) is 20.8. The van der Waals surface area contributed by atoms with Crippen molar-refractivity contribution in [1.29, 1.82) is 0 Å². The Morgan fingerprint density at radius 2 is 0.385 bits per heavy atom. The average Bonchev–Trinajstić information content (AvgIpc) is 2.04. The molecule has 0 atom stereocenters. The van der Waals surface area contributed by atoms with Crippen LogP contribution in [-0.2, 0) is 0 Å². The summed E-state index contributed by atoms with van der Waals surface area (Å²) in [7, 11) is 0. The zero-order valence-electron chi connectivity index (χ0n) is 17.8. The van der Waals surface area contributed by atoms with Crippen LogP contribution in [0, 0.1) is 0 Å². The molecule has 0 aliphatic carbocycles. The Balaban J connectivity index is 0. The van der Waals surface area contributed by atoms with Crippen LogP contribution in [0.4, 0.5) is 0 Å². The van der Waals surface area contributed by atoms with E-state index in [1.807, 2.05) is 0 Å². The molecule has 0 radical (unpaired) electrons. The van der Waals surface area contributed by atoms with Crippen molar-refractivity contribution in [2.45, 2.75) is 0 Å². The first-order valence-electron chi connectivity index (χ1n) is 7.77. The van der Waals surface area contributed by atoms with Gasteiger partial charge in [0.25, 0.3) is 0 Å². The van der Waals surface area contributed by atoms with Gasteiger partial charge in [-0.1, -0.05) is 0 Å². The summed E-state index contributed by atoms with van der Waals surface area (Å²) in [6.07, 6.45) is 0. The van der Waals surface area contributed by atoms with Crippen LogP contribution in [0.5, 0.6) is 0 Å². The van der Waals surface area contributed by atoms with Crippen LogP contribution in [0.15, 0.2) is 0 Å². The van der Waals surface area contributed by atoms with E-state index < -0.39 is 28.1 Å². The van der Waals surface area contributed by atoms with Gasteiger partial charge in [-0.3, -0.25) is 0 Å². The van der Waals surface area contributed by atoms with E-state index >= 15 is 0 Å². The third kappa shape index (κ3) is 5.79. The van der Waals surface area contributed by atoms with Crippen LogP contribution in [-0.4, -0.2) is 80.9 Å². The molecule has 168 valence electrons. The van der Waals surface area contributed by atoms with Crippen molar-refractivity contribution in [1.82, 2.24) is 0 Å². The van der Waals surface area contributed by atoms with E-state index in [-0.39, 0.29) is 0 Å². The first-order valence-corrected chi connectivity index (χ1v) is 47.7. The Morgan fingerprint density at radius 3 is 0.385 bits per heavy atom. The second-order valence-corrected chi connectivity index (χ2v) is 178. The van der Waals surface area contributed by atoms with Crippen molar-refractivity contribution >= 4 is 150 Å². The zero-order chi connectivity index (χ0) is 22.8. The predicted octanol–water partition coefficient (Wildman–Crippen LogP) is 11.4. The molecule has 0 aromatic rings. The minimum absolute atomic E-state index is 1.09. The molecule has 0 saturated carbocycles. The Kier molecular flexibility index (Phi) is 10.2. The summed E-state index contributed by atoms with van der Waals surface area (Å²) >= 11 is 32.3. The molecule has 0 N–H and O–H groups in total. The molecule has 0 aliphatic heterocycles. The third-order valence-corrected chi connectivity index (χ3v) is 222. The monoisotopic (exact) mass is 991 g/mol. The van der Waals surface area contributed by atoms with Crippen molar-refractivity contribution < 1.29 is 0 Å². The maximum absolute atomic E-state index is 4.04. The molecule has 26 heavy (non-hydrogen) atoms. The van der Waals surface area contributed by atoms with Crippen LogP contribution in [0.1, 0.15) is 0 Å². The summed E-state index contributed by atoms with van der Waals surface area (Å²) in [6, 6.07) is 0. The van der Waals surface area contributed by atoms with E-state index in [9.17, 15) is 0 Å². The molecule has 0 aromatic carbocycles. The molecule has 0 aromatic heterocycles. The van der Waals surface area contributed by atoms with Crippen molar-refractivity contribution in [2.75, 3.05) is 80.0 Å². The molecule has 0 heterocycles. The van der Waals surface area contributed by atoms with Gasteiger partial charge in [0, 0.05) is 0 Å². The Labute approximate surface area is 226 Å². The Bertz CT molecular complexity index is 472. The topological polar surface area (TPSA) is 0 Å². The van der Waals surface area contributed by atoms with Gasteiger partial charge in [-0.2, -0.15) is 0 Å². The first-order chi connectivity index (χ1) is 10.1. The predicted molar refractivity (Wildman–Crippen MR) is 182 cm³/mol. The molecule has 0 unspecified atom stereocenters. The average molecular weight is 1000 g/mol. The molecule has 0 bridgehead atoms. The van der Waals surface area contributed by atoms with Crippen LogP contribution in [0.25, 0.3) is 0 Å². The van der Waals surface area contributed by atoms with E-state index in [0.717, 1.165) is 0 Å². The minimum atomic E-state index is -3.02. The fourth-order valence-corrected chi connectivity index (χ4v) is 48.6. The summed E-state index contributed by atoms with van der Waals surface area (Å²) in [6.45, 7) is 23.9. The number of hydrogen-bond acceptors (Lipinski definition) is 0. The SMILES string of the molecule is C[P+](C)(C)[Si-2](Br)(Br)(Br)(Br)[P+](C)(C)C.C[P+](C)(C)[Si-2](Br)(Br)(Br)(Br)[P+](C)(C)C. The van der Waals surface area contributed by atoms with Gasteiger partial charge in [0.15, 0.2) is 0 Å². The van der Waals surface area contributed by atoms with Gasteiger partial charge in [0.2, 0.25) is 0 Å². The van der Waals surface area contributed by atoms with E-state index in [2.05, 4.69) is 202 Å². The number of rotatable bonds is 4. The molecule has 0 rings (SSSR count). The van der Waals surface area contributed by atoms with Crippen molar-refractivity contribution in [3.63, 3.8) is 0 Å². The van der Waals surface area contributed by atoms with Gasteiger partial charge in [0.05, 0.1) is 0 Å². The fraction of sp³-hybridized carbons (Fsp3) is 1.00. The van der Waals surface area contributed by atoms with Crippen LogP contribution < -0.4 is 0 Å². The summed E-state index contributed by atoms with van der Waals surface area (Å²) in [5, 5.41) is 0. The van der Waals surface area contributed by atoms with Crippen LogP contribution in [0.3, 0.4) is 0 Å². The van der Waals surface area contributed by atoms with Gasteiger partial charge < -0.3 is 0 Å². The quantitative estimate of drug-likeness (QED) is 0.150. The summed E-state index contributed by atoms with van der Waals surface area (Å²) in [4.78, 5) is 0. The fourth-order valence-electron chi connectivity index (χ4n) is 1.80. The van der Waals surface area contributed by atoms with E-state index in [4.69, 9.17) is 0 Å². The van der Waals surface area contributed by atoms with E-state index in [1.165, 1.54) is 0 Å². The summed E-state index contributed by atoms with van der Waals surface area (Å²) in [5.41, 5.74) is 0. The van der Waals surface area contributed by atoms with Gasteiger partial charge in [-0.15, -0.1) is 0 Å². The van der Waals surface area contributed by atoms with Gasteiger partial charge in [0.1, 0.15) is 0 Å². The second kappa shape index (κ2) is 7.75. The molecular formula is C12H36Br8P4Si2. The first kappa shape index (κ1) is 34.2. The van der Waals surface area contributed by atoms with Crippen LogP contribution in [0.2, 0.25) is 0 Å². The van der Waals surface area contributed by atoms with E-state index in [0.29, 0.717) is 0 Å². The molecule has 0 nitrogen and oxygen atoms in total. The van der Waals surface area contributed by atoms with Crippen molar-refractivity contribution in [3.05, 3.63) is 0 Å². The summed E-state index contributed by atoms with van der Waals surface area (Å²) < 4.78 is -6.04. The molecule has 0 saturated heterocycles. The van der Waals surface area contributed by atoms with E-state index in [1.54, 1.807) is 0 Å². The maximum atomic E-state index is 4.04. The molecule has 0 aliphatic rings. The van der Waals surface area contributed by atoms with Crippen molar-refractivity contribution in [2.24, 2.45) is 0 Å². The Morgan fingerprint density at radius 1 is 0.308 bits per heavy atom. The van der Waals surface area contributed by atoms with Gasteiger partial charge in [-0.05, 0) is 0 Å². The van der Waals surface area contributed by atoms with Gasteiger partial charge >= 0.3 is 230 Å². The second-order valence-electron chi connectivity index (χ2n) is 10.5. The molecule has 0 amide bonds. The standard InChI is InChI=1S/2C6H18Br4P2Si/c2*1-11(2,3)13(7,8,9,10)12(4,5)6/h2*1-6H3. The molecule has 14 heteroatoms. The third-order valence-electron chi connectivity index (χ3n) is 5.26. The molecule has 0 spiro atoms. The van der Waals surface area contributed by atoms with Crippen molar-refractivity contribution in [3.8, 4) is 0 Å². The molecular weight excluding hydrogens is 963 g/mol. The van der Waals surface area contributed by atoms with Gasteiger partial charge in [-0.25, -0.2) is 0 Å². The number of hydrogen-bond donors (Lipinski definition) is 0. The van der Waals surface area contributed by atoms with Crippen LogP contribution >= 0.6 is 150 Å². The number of halogens is 8. The summed E-state index contributed by atoms with van der Waals surface area (Å²) in [5.74, 6) is 0. The Hall–Kier alpha value is 5.99. The zero-order valence-corrected chi connectivity index (χ0v) is 36.1. The molecule has 0 fully saturated rings.